The Kier molecular flexibility index (Phi) is 7.38. The van der Waals surface area contributed by atoms with Crippen molar-refractivity contribution in [1.82, 2.24) is 15.5 Å². The number of ether oxygens (including phenoxy) is 1. The maximum atomic E-state index is 11.9. The number of urea groups is 1. The second kappa shape index (κ2) is 9.96. The number of carbonyl (C=O) groups excluding carboxylic acids is 2. The van der Waals surface area contributed by atoms with Crippen molar-refractivity contribution in [2.75, 3.05) is 20.7 Å². The molecule has 0 radical (unpaired) electrons. The van der Waals surface area contributed by atoms with Gasteiger partial charge in [0.1, 0.15) is 5.75 Å². The lowest BCUT2D eigenvalue weighted by molar-refractivity contribution is -0.130. The van der Waals surface area contributed by atoms with Crippen LogP contribution in [0.25, 0.3) is 0 Å². The lowest BCUT2D eigenvalue weighted by Gasteiger charge is -2.12. The molecule has 2 aromatic rings. The molecule has 0 heterocycles. The number of likely N-dealkylation sites (N-methyl/N-ethyl adjacent to an activating group) is 1. The molecule has 3 N–H and O–H groups in total. The van der Waals surface area contributed by atoms with Gasteiger partial charge < -0.3 is 25.4 Å². The first kappa shape index (κ1) is 20.8. The summed E-state index contributed by atoms with van der Waals surface area (Å²) in [6, 6.07) is 13.1. The van der Waals surface area contributed by atoms with Gasteiger partial charge in [-0.1, -0.05) is 24.3 Å². The van der Waals surface area contributed by atoms with E-state index < -0.39 is 5.97 Å². The SMILES string of the molecule is CN(C)C(=O)COc1cccc(CNC(=O)NCc2ccc(C(=O)O)cc2)c1. The molecule has 3 amide bonds. The van der Waals surface area contributed by atoms with E-state index in [0.717, 1.165) is 11.1 Å². The zero-order valence-electron chi connectivity index (χ0n) is 15.8. The van der Waals surface area contributed by atoms with Crippen LogP contribution in [-0.4, -0.2) is 48.6 Å². The van der Waals surface area contributed by atoms with Gasteiger partial charge in [-0.25, -0.2) is 9.59 Å². The lowest BCUT2D eigenvalue weighted by atomic mass is 10.1. The topological polar surface area (TPSA) is 108 Å². The lowest BCUT2D eigenvalue weighted by Crippen LogP contribution is -2.34. The molecule has 0 unspecified atom stereocenters. The molecule has 0 atom stereocenters. The molecule has 0 aliphatic rings. The molecule has 8 nitrogen and oxygen atoms in total. The van der Waals surface area contributed by atoms with Crippen molar-refractivity contribution in [1.29, 1.82) is 0 Å². The Morgan fingerprint density at radius 1 is 0.964 bits per heavy atom. The van der Waals surface area contributed by atoms with Gasteiger partial charge in [-0.2, -0.15) is 0 Å². The summed E-state index contributed by atoms with van der Waals surface area (Å²) in [6.45, 7) is 0.523. The number of aromatic carboxylic acids is 1. The number of carboxylic acids is 1. The second-order valence-corrected chi connectivity index (χ2v) is 6.26. The highest BCUT2D eigenvalue weighted by Crippen LogP contribution is 2.13. The van der Waals surface area contributed by atoms with Crippen molar-refractivity contribution in [3.05, 3.63) is 65.2 Å². The molecule has 0 spiro atoms. The first-order chi connectivity index (χ1) is 13.3. The maximum Gasteiger partial charge on any atom is 0.335 e. The van der Waals surface area contributed by atoms with Crippen LogP contribution in [0, 0.1) is 0 Å². The van der Waals surface area contributed by atoms with Crippen LogP contribution >= 0.6 is 0 Å². The number of amides is 3. The van der Waals surface area contributed by atoms with E-state index in [4.69, 9.17) is 9.84 Å². The summed E-state index contributed by atoms with van der Waals surface area (Å²) in [4.78, 5) is 35.8. The van der Waals surface area contributed by atoms with E-state index in [-0.39, 0.29) is 30.7 Å². The molecule has 0 aromatic heterocycles. The largest absolute Gasteiger partial charge is 0.484 e. The summed E-state index contributed by atoms with van der Waals surface area (Å²) in [7, 11) is 3.32. The minimum absolute atomic E-state index is 0.0506. The summed E-state index contributed by atoms with van der Waals surface area (Å²) < 4.78 is 5.45. The minimum Gasteiger partial charge on any atom is -0.484 e. The fraction of sp³-hybridized carbons (Fsp3) is 0.250. The molecule has 28 heavy (non-hydrogen) atoms. The molecule has 148 valence electrons. The number of hydrogen-bond acceptors (Lipinski definition) is 4. The van der Waals surface area contributed by atoms with Crippen LogP contribution in [0.2, 0.25) is 0 Å². The van der Waals surface area contributed by atoms with Crippen molar-refractivity contribution in [2.45, 2.75) is 13.1 Å². The van der Waals surface area contributed by atoms with E-state index >= 15 is 0 Å². The molecule has 2 aromatic carbocycles. The van der Waals surface area contributed by atoms with E-state index in [1.165, 1.54) is 17.0 Å². The summed E-state index contributed by atoms with van der Waals surface area (Å²) >= 11 is 0. The van der Waals surface area contributed by atoms with Gasteiger partial charge in [-0.3, -0.25) is 4.79 Å². The predicted octanol–water partition coefficient (Wildman–Crippen LogP) is 1.85. The summed E-state index contributed by atoms with van der Waals surface area (Å²) in [6.07, 6.45) is 0. The number of rotatable bonds is 8. The average Bonchev–Trinajstić information content (AvgIpc) is 2.69. The number of benzene rings is 2. The molecule has 0 saturated heterocycles. The molecule has 0 aliphatic carbocycles. The standard InChI is InChI=1S/C20H23N3O5/c1-23(2)18(24)13-28-17-5-3-4-15(10-17)12-22-20(27)21-11-14-6-8-16(9-7-14)19(25)26/h3-10H,11-13H2,1-2H3,(H,25,26)(H2,21,22,27). The van der Waals surface area contributed by atoms with E-state index in [2.05, 4.69) is 10.6 Å². The van der Waals surface area contributed by atoms with Crippen molar-refractivity contribution in [2.24, 2.45) is 0 Å². The Bertz CT molecular complexity index is 834. The molecule has 0 saturated carbocycles. The predicted molar refractivity (Wildman–Crippen MR) is 103 cm³/mol. The van der Waals surface area contributed by atoms with Crippen molar-refractivity contribution >= 4 is 17.9 Å². The van der Waals surface area contributed by atoms with Crippen molar-refractivity contribution in [3.63, 3.8) is 0 Å². The number of nitrogens with one attached hydrogen (secondary N) is 2. The number of hydrogen-bond donors (Lipinski definition) is 3. The Morgan fingerprint density at radius 3 is 2.21 bits per heavy atom. The molecule has 0 bridgehead atoms. The fourth-order valence-corrected chi connectivity index (χ4v) is 2.21. The summed E-state index contributed by atoms with van der Waals surface area (Å²) in [5, 5.41) is 14.3. The van der Waals surface area contributed by atoms with Crippen LogP contribution in [-0.2, 0) is 17.9 Å². The zero-order chi connectivity index (χ0) is 20.5. The van der Waals surface area contributed by atoms with Crippen LogP contribution in [0.1, 0.15) is 21.5 Å². The first-order valence-corrected chi connectivity index (χ1v) is 8.61. The second-order valence-electron chi connectivity index (χ2n) is 6.26. The zero-order valence-corrected chi connectivity index (χ0v) is 15.8. The van der Waals surface area contributed by atoms with Gasteiger partial charge in [0.05, 0.1) is 5.56 Å². The molecule has 2 rings (SSSR count). The quantitative estimate of drug-likeness (QED) is 0.643. The van der Waals surface area contributed by atoms with Crippen LogP contribution in [0.3, 0.4) is 0 Å². The smallest absolute Gasteiger partial charge is 0.335 e. The Balaban J connectivity index is 1.78. The minimum atomic E-state index is -0.991. The van der Waals surface area contributed by atoms with Gasteiger partial charge in [0.2, 0.25) is 0 Å². The molecule has 0 fully saturated rings. The molecule has 0 aliphatic heterocycles. The number of carbonyl (C=O) groups is 3. The summed E-state index contributed by atoms with van der Waals surface area (Å²) in [5.74, 6) is -0.581. The van der Waals surface area contributed by atoms with Gasteiger partial charge in [-0.15, -0.1) is 0 Å². The Morgan fingerprint density at radius 2 is 1.61 bits per heavy atom. The molecule has 8 heteroatoms. The average molecular weight is 385 g/mol. The Hall–Kier alpha value is -3.55. The summed E-state index contributed by atoms with van der Waals surface area (Å²) in [5.41, 5.74) is 1.82. The highest BCUT2D eigenvalue weighted by atomic mass is 16.5. The van der Waals surface area contributed by atoms with Crippen molar-refractivity contribution in [3.8, 4) is 5.75 Å². The fourth-order valence-electron chi connectivity index (χ4n) is 2.21. The normalized spacial score (nSPS) is 10.1. The van der Waals surface area contributed by atoms with Crippen LogP contribution in [0.15, 0.2) is 48.5 Å². The van der Waals surface area contributed by atoms with Gasteiger partial charge in [0, 0.05) is 27.2 Å². The van der Waals surface area contributed by atoms with E-state index in [1.807, 2.05) is 6.07 Å². The number of nitrogens with zero attached hydrogens (tertiary/aromatic N) is 1. The first-order valence-electron chi connectivity index (χ1n) is 8.61. The van der Waals surface area contributed by atoms with E-state index in [0.29, 0.717) is 12.3 Å². The third-order valence-corrected chi connectivity index (χ3v) is 3.87. The maximum absolute atomic E-state index is 11.9. The van der Waals surface area contributed by atoms with E-state index in [9.17, 15) is 14.4 Å². The van der Waals surface area contributed by atoms with Gasteiger partial charge >= 0.3 is 12.0 Å². The van der Waals surface area contributed by atoms with Crippen LogP contribution in [0.5, 0.6) is 5.75 Å². The Labute approximate surface area is 163 Å². The molecular formula is C20H23N3O5. The van der Waals surface area contributed by atoms with E-state index in [1.54, 1.807) is 44.4 Å². The van der Waals surface area contributed by atoms with Crippen LogP contribution < -0.4 is 15.4 Å². The van der Waals surface area contributed by atoms with Crippen LogP contribution in [0.4, 0.5) is 4.79 Å². The van der Waals surface area contributed by atoms with Gasteiger partial charge in [0.25, 0.3) is 5.91 Å². The monoisotopic (exact) mass is 385 g/mol. The van der Waals surface area contributed by atoms with Crippen molar-refractivity contribution < 1.29 is 24.2 Å². The highest BCUT2D eigenvalue weighted by molar-refractivity contribution is 5.87. The molecular weight excluding hydrogens is 362 g/mol. The van der Waals surface area contributed by atoms with Gasteiger partial charge in [0.15, 0.2) is 6.61 Å². The third-order valence-electron chi connectivity index (χ3n) is 3.87. The number of carboxylic acid groups (broad SMARTS) is 1. The third kappa shape index (κ3) is 6.64. The highest BCUT2D eigenvalue weighted by Gasteiger charge is 2.06. The van der Waals surface area contributed by atoms with Gasteiger partial charge in [-0.05, 0) is 35.4 Å².